The van der Waals surface area contributed by atoms with Crippen molar-refractivity contribution in [1.29, 1.82) is 0 Å². The first-order chi connectivity index (χ1) is 8.00. The molecule has 0 aromatic carbocycles. The summed E-state index contributed by atoms with van der Waals surface area (Å²) in [6.07, 6.45) is 1.57. The van der Waals surface area contributed by atoms with E-state index in [0.717, 1.165) is 12.8 Å². The number of H-pyrrole nitrogens is 1. The molecule has 0 bridgehead atoms. The molecule has 1 aromatic rings. The fourth-order valence-electron chi connectivity index (χ4n) is 1.43. The van der Waals surface area contributed by atoms with Crippen LogP contribution in [0.4, 0.5) is 0 Å². The molecule has 5 nitrogen and oxygen atoms in total. The smallest absolute Gasteiger partial charge is 0.267 e. The van der Waals surface area contributed by atoms with E-state index in [1.165, 1.54) is 6.07 Å². The first-order valence-corrected chi connectivity index (χ1v) is 5.77. The van der Waals surface area contributed by atoms with Crippen molar-refractivity contribution in [2.75, 3.05) is 6.54 Å². The van der Waals surface area contributed by atoms with Crippen LogP contribution in [0.2, 0.25) is 0 Å². The minimum Gasteiger partial charge on any atom is -0.349 e. The fraction of sp³-hybridized carbons (Fsp3) is 0.500. The summed E-state index contributed by atoms with van der Waals surface area (Å²) in [6, 6.07) is 4.47. The van der Waals surface area contributed by atoms with Crippen LogP contribution in [-0.4, -0.2) is 23.0 Å². The van der Waals surface area contributed by atoms with E-state index >= 15 is 0 Å². The number of hydrogen-bond acceptors (Lipinski definition) is 3. The molecule has 0 unspecified atom stereocenters. The number of carbonyl (C=O) groups is 1. The summed E-state index contributed by atoms with van der Waals surface area (Å²) in [5.41, 5.74) is 5.65. The largest absolute Gasteiger partial charge is 0.349 e. The van der Waals surface area contributed by atoms with Gasteiger partial charge in [0.15, 0.2) is 0 Å². The number of nitrogens with two attached hydrogens (primary N) is 1. The number of rotatable bonds is 5. The molecule has 0 spiro atoms. The second-order valence-corrected chi connectivity index (χ2v) is 4.18. The van der Waals surface area contributed by atoms with Gasteiger partial charge in [0, 0.05) is 18.2 Å². The quantitative estimate of drug-likeness (QED) is 0.701. The number of pyridine rings is 1. The molecule has 0 radical (unpaired) electrons. The van der Waals surface area contributed by atoms with Crippen LogP contribution in [0.15, 0.2) is 23.0 Å². The molecular weight excluding hydrogens is 218 g/mol. The summed E-state index contributed by atoms with van der Waals surface area (Å²) in [7, 11) is 0. The Kier molecular flexibility index (Phi) is 4.45. The summed E-state index contributed by atoms with van der Waals surface area (Å²) in [4.78, 5) is 25.3. The van der Waals surface area contributed by atoms with Crippen LogP contribution in [-0.2, 0) is 0 Å². The second kappa shape index (κ2) is 5.63. The minimum absolute atomic E-state index is 0.257. The van der Waals surface area contributed by atoms with Gasteiger partial charge in [0.05, 0.1) is 0 Å². The van der Waals surface area contributed by atoms with Gasteiger partial charge in [-0.15, -0.1) is 0 Å². The maximum atomic E-state index is 11.7. The predicted octanol–water partition coefficient (Wildman–Crippen LogP) is 0.622. The number of aromatic nitrogens is 1. The molecular formula is C12H19N3O2. The van der Waals surface area contributed by atoms with Gasteiger partial charge in [-0.3, -0.25) is 9.59 Å². The SMILES string of the molecule is CCC(N)(CC)CNC(=O)c1cccc(=O)[nH]1. The predicted molar refractivity (Wildman–Crippen MR) is 66.9 cm³/mol. The van der Waals surface area contributed by atoms with Gasteiger partial charge in [0.1, 0.15) is 5.69 Å². The van der Waals surface area contributed by atoms with Gasteiger partial charge in [0.2, 0.25) is 5.56 Å². The van der Waals surface area contributed by atoms with E-state index in [4.69, 9.17) is 5.73 Å². The highest BCUT2D eigenvalue weighted by atomic mass is 16.2. The molecule has 94 valence electrons. The van der Waals surface area contributed by atoms with Crippen molar-refractivity contribution < 1.29 is 4.79 Å². The van der Waals surface area contributed by atoms with Gasteiger partial charge in [-0.25, -0.2) is 0 Å². The molecule has 0 saturated heterocycles. The van der Waals surface area contributed by atoms with Gasteiger partial charge in [0.25, 0.3) is 5.91 Å². The molecule has 0 aliphatic carbocycles. The van der Waals surface area contributed by atoms with Crippen molar-refractivity contribution >= 4 is 5.91 Å². The van der Waals surface area contributed by atoms with Gasteiger partial charge in [-0.2, -0.15) is 0 Å². The summed E-state index contributed by atoms with van der Waals surface area (Å²) < 4.78 is 0. The van der Waals surface area contributed by atoms with E-state index < -0.39 is 0 Å². The third-order valence-electron chi connectivity index (χ3n) is 3.02. The zero-order valence-electron chi connectivity index (χ0n) is 10.2. The molecule has 0 atom stereocenters. The van der Waals surface area contributed by atoms with Gasteiger partial charge in [-0.05, 0) is 18.9 Å². The highest BCUT2D eigenvalue weighted by molar-refractivity contribution is 5.92. The third-order valence-corrected chi connectivity index (χ3v) is 3.02. The highest BCUT2D eigenvalue weighted by Crippen LogP contribution is 2.09. The zero-order chi connectivity index (χ0) is 12.9. The molecule has 0 fully saturated rings. The van der Waals surface area contributed by atoms with Gasteiger partial charge >= 0.3 is 0 Å². The lowest BCUT2D eigenvalue weighted by Gasteiger charge is -2.26. The summed E-state index contributed by atoms with van der Waals surface area (Å²) >= 11 is 0. The van der Waals surface area contributed by atoms with E-state index in [1.807, 2.05) is 13.8 Å². The normalized spacial score (nSPS) is 11.2. The Morgan fingerprint density at radius 3 is 2.59 bits per heavy atom. The fourth-order valence-corrected chi connectivity index (χ4v) is 1.43. The van der Waals surface area contributed by atoms with E-state index in [-0.39, 0.29) is 22.7 Å². The Labute approximate surface area is 100 Å². The standard InChI is InChI=1S/C12H19N3O2/c1-3-12(13,4-2)8-14-11(17)9-6-5-7-10(16)15-9/h5-7H,3-4,8,13H2,1-2H3,(H,14,17)(H,15,16). The van der Waals surface area contributed by atoms with Crippen LogP contribution in [0.1, 0.15) is 37.2 Å². The molecule has 1 heterocycles. The first-order valence-electron chi connectivity index (χ1n) is 5.77. The topological polar surface area (TPSA) is 88.0 Å². The van der Waals surface area contributed by atoms with E-state index in [2.05, 4.69) is 10.3 Å². The highest BCUT2D eigenvalue weighted by Gasteiger charge is 2.21. The van der Waals surface area contributed by atoms with E-state index in [9.17, 15) is 9.59 Å². The van der Waals surface area contributed by atoms with Crippen LogP contribution in [0.3, 0.4) is 0 Å². The number of amides is 1. The van der Waals surface area contributed by atoms with Crippen LogP contribution in [0.5, 0.6) is 0 Å². The maximum absolute atomic E-state index is 11.7. The van der Waals surface area contributed by atoms with Crippen LogP contribution < -0.4 is 16.6 Å². The Morgan fingerprint density at radius 2 is 2.06 bits per heavy atom. The maximum Gasteiger partial charge on any atom is 0.267 e. The Bertz CT molecular complexity index is 435. The van der Waals surface area contributed by atoms with Crippen molar-refractivity contribution in [2.24, 2.45) is 5.73 Å². The lowest BCUT2D eigenvalue weighted by atomic mass is 9.94. The molecule has 0 saturated carbocycles. The zero-order valence-corrected chi connectivity index (χ0v) is 10.2. The Hall–Kier alpha value is -1.62. The lowest BCUT2D eigenvalue weighted by Crippen LogP contribution is -2.49. The number of aromatic amines is 1. The molecule has 1 aromatic heterocycles. The van der Waals surface area contributed by atoms with Crippen molar-refractivity contribution in [1.82, 2.24) is 10.3 Å². The Balaban J connectivity index is 2.65. The second-order valence-electron chi connectivity index (χ2n) is 4.18. The average molecular weight is 237 g/mol. The molecule has 17 heavy (non-hydrogen) atoms. The van der Waals surface area contributed by atoms with Gasteiger partial charge in [-0.1, -0.05) is 19.9 Å². The van der Waals surface area contributed by atoms with Crippen molar-refractivity contribution in [3.8, 4) is 0 Å². The van der Waals surface area contributed by atoms with E-state index in [1.54, 1.807) is 12.1 Å². The van der Waals surface area contributed by atoms with Crippen LogP contribution in [0.25, 0.3) is 0 Å². The molecule has 0 aliphatic heterocycles. The third kappa shape index (κ3) is 3.71. The number of hydrogen-bond donors (Lipinski definition) is 3. The van der Waals surface area contributed by atoms with E-state index in [0.29, 0.717) is 6.54 Å². The summed E-state index contributed by atoms with van der Waals surface area (Å²) in [5.74, 6) is -0.306. The first kappa shape index (κ1) is 13.4. The molecule has 1 amide bonds. The van der Waals surface area contributed by atoms with Crippen molar-refractivity contribution in [2.45, 2.75) is 32.2 Å². The van der Waals surface area contributed by atoms with Crippen LogP contribution in [0, 0.1) is 0 Å². The molecule has 4 N–H and O–H groups in total. The Morgan fingerprint density at radius 1 is 1.41 bits per heavy atom. The minimum atomic E-state index is -0.384. The monoisotopic (exact) mass is 237 g/mol. The van der Waals surface area contributed by atoms with Crippen molar-refractivity contribution in [3.05, 3.63) is 34.2 Å². The lowest BCUT2D eigenvalue weighted by molar-refractivity contribution is 0.0937. The number of carbonyl (C=O) groups excluding carboxylic acids is 1. The average Bonchev–Trinajstić information content (AvgIpc) is 2.35. The van der Waals surface area contributed by atoms with Crippen LogP contribution >= 0.6 is 0 Å². The van der Waals surface area contributed by atoms with Gasteiger partial charge < -0.3 is 16.0 Å². The molecule has 5 heteroatoms. The number of nitrogens with one attached hydrogen (secondary N) is 2. The molecule has 1 rings (SSSR count). The summed E-state index contributed by atoms with van der Waals surface area (Å²) in [6.45, 7) is 4.37. The summed E-state index contributed by atoms with van der Waals surface area (Å²) in [5, 5.41) is 2.73. The van der Waals surface area contributed by atoms with Crippen molar-refractivity contribution in [3.63, 3.8) is 0 Å². The molecule has 0 aliphatic rings.